The number of nitrogens with zero attached hydrogens (tertiary/aromatic N) is 2. The van der Waals surface area contributed by atoms with E-state index in [-0.39, 0.29) is 24.9 Å². The minimum atomic E-state index is 0.0571. The summed E-state index contributed by atoms with van der Waals surface area (Å²) in [7, 11) is 0. The Hall–Kier alpha value is -0.580. The van der Waals surface area contributed by atoms with Gasteiger partial charge in [0, 0.05) is 18.4 Å². The number of piperazine rings is 1. The fourth-order valence-electron chi connectivity index (χ4n) is 1.45. The molecule has 5 heteroatoms. The highest BCUT2D eigenvalue weighted by Crippen LogP contribution is 2.05. The van der Waals surface area contributed by atoms with Crippen LogP contribution in [0.4, 0.5) is 0 Å². The van der Waals surface area contributed by atoms with E-state index >= 15 is 0 Å². The monoisotopic (exact) mass is 262 g/mol. The van der Waals surface area contributed by atoms with Crippen LogP contribution < -0.4 is 0 Å². The topological polar surface area (TPSA) is 40.6 Å². The molecule has 1 rings (SSSR count). The van der Waals surface area contributed by atoms with Gasteiger partial charge in [-0.05, 0) is 13.3 Å². The Morgan fingerprint density at radius 2 is 1.79 bits per heavy atom. The van der Waals surface area contributed by atoms with Gasteiger partial charge in [0.1, 0.15) is 0 Å². The summed E-state index contributed by atoms with van der Waals surface area (Å²) in [4.78, 5) is 26.2. The largest absolute Gasteiger partial charge is 0.332 e. The Bertz CT molecular complexity index is 233. The quantitative estimate of drug-likeness (QED) is 0.691. The van der Waals surface area contributed by atoms with E-state index in [9.17, 15) is 9.59 Å². The SMILES string of the molecule is CCN1CC(=O)N(CCCBr)CC1=O. The van der Waals surface area contributed by atoms with Gasteiger partial charge >= 0.3 is 0 Å². The number of alkyl halides is 1. The first kappa shape index (κ1) is 11.5. The molecule has 0 spiro atoms. The minimum absolute atomic E-state index is 0.0571. The first-order chi connectivity index (χ1) is 6.69. The molecule has 80 valence electrons. The molecule has 0 atom stereocenters. The molecule has 0 saturated carbocycles. The molecule has 4 nitrogen and oxygen atoms in total. The molecule has 1 aliphatic rings. The standard InChI is InChI=1S/C9H15BrN2O2/c1-2-11-6-9(14)12(5-3-4-10)7-8(11)13/h2-7H2,1H3. The molecule has 0 aromatic carbocycles. The lowest BCUT2D eigenvalue weighted by Gasteiger charge is -2.33. The van der Waals surface area contributed by atoms with Crippen LogP contribution in [-0.2, 0) is 9.59 Å². The lowest BCUT2D eigenvalue weighted by atomic mass is 10.3. The fourth-order valence-corrected chi connectivity index (χ4v) is 1.70. The van der Waals surface area contributed by atoms with E-state index < -0.39 is 0 Å². The van der Waals surface area contributed by atoms with E-state index in [0.29, 0.717) is 13.1 Å². The second kappa shape index (κ2) is 5.34. The molecule has 14 heavy (non-hydrogen) atoms. The van der Waals surface area contributed by atoms with Crippen molar-refractivity contribution in [3.8, 4) is 0 Å². The van der Waals surface area contributed by atoms with E-state index in [4.69, 9.17) is 0 Å². The summed E-state index contributed by atoms with van der Waals surface area (Å²) in [6, 6.07) is 0. The molecule has 0 unspecified atom stereocenters. The Morgan fingerprint density at radius 3 is 2.36 bits per heavy atom. The van der Waals surface area contributed by atoms with Gasteiger partial charge in [-0.3, -0.25) is 9.59 Å². The normalized spacial score (nSPS) is 17.9. The highest BCUT2D eigenvalue weighted by atomic mass is 79.9. The van der Waals surface area contributed by atoms with Crippen LogP contribution >= 0.6 is 15.9 Å². The zero-order valence-electron chi connectivity index (χ0n) is 8.33. The van der Waals surface area contributed by atoms with Crippen molar-refractivity contribution in [3.63, 3.8) is 0 Å². The van der Waals surface area contributed by atoms with Gasteiger partial charge in [-0.15, -0.1) is 0 Å². The maximum atomic E-state index is 11.5. The van der Waals surface area contributed by atoms with Crippen LogP contribution in [0, 0.1) is 0 Å². The molecule has 0 bridgehead atoms. The van der Waals surface area contributed by atoms with Crippen LogP contribution in [0.25, 0.3) is 0 Å². The Kier molecular flexibility index (Phi) is 4.38. The Morgan fingerprint density at radius 1 is 1.21 bits per heavy atom. The Balaban J connectivity index is 2.49. The number of carbonyl (C=O) groups is 2. The molecular weight excluding hydrogens is 248 g/mol. The molecule has 0 N–H and O–H groups in total. The molecule has 0 aromatic rings. The predicted molar refractivity (Wildman–Crippen MR) is 57.2 cm³/mol. The van der Waals surface area contributed by atoms with Gasteiger partial charge in [0.15, 0.2) is 0 Å². The molecular formula is C9H15BrN2O2. The molecule has 2 amide bonds. The third-order valence-corrected chi connectivity index (χ3v) is 2.86. The summed E-state index contributed by atoms with van der Waals surface area (Å²) in [6.45, 7) is 3.68. The number of rotatable bonds is 4. The van der Waals surface area contributed by atoms with Crippen molar-refractivity contribution in [1.29, 1.82) is 0 Å². The smallest absolute Gasteiger partial charge is 0.242 e. The van der Waals surface area contributed by atoms with Crippen LogP contribution in [0.3, 0.4) is 0 Å². The second-order valence-electron chi connectivity index (χ2n) is 3.27. The maximum Gasteiger partial charge on any atom is 0.242 e. The molecule has 1 aliphatic heterocycles. The van der Waals surface area contributed by atoms with Crippen LogP contribution in [0.15, 0.2) is 0 Å². The lowest BCUT2D eigenvalue weighted by Crippen LogP contribution is -2.53. The summed E-state index contributed by atoms with van der Waals surface area (Å²) < 4.78 is 0. The van der Waals surface area contributed by atoms with E-state index in [1.165, 1.54) is 0 Å². The summed E-state index contributed by atoms with van der Waals surface area (Å²) in [5.41, 5.74) is 0. The summed E-state index contributed by atoms with van der Waals surface area (Å²) in [5.74, 6) is 0.120. The highest BCUT2D eigenvalue weighted by Gasteiger charge is 2.27. The molecule has 1 saturated heterocycles. The van der Waals surface area contributed by atoms with Gasteiger partial charge in [-0.1, -0.05) is 15.9 Å². The zero-order valence-corrected chi connectivity index (χ0v) is 9.92. The van der Waals surface area contributed by atoms with Crippen molar-refractivity contribution in [3.05, 3.63) is 0 Å². The van der Waals surface area contributed by atoms with Crippen LogP contribution in [0.5, 0.6) is 0 Å². The molecule has 1 fully saturated rings. The van der Waals surface area contributed by atoms with Gasteiger partial charge in [-0.2, -0.15) is 0 Å². The van der Waals surface area contributed by atoms with E-state index in [0.717, 1.165) is 11.8 Å². The van der Waals surface area contributed by atoms with Crippen molar-refractivity contribution < 1.29 is 9.59 Å². The number of likely N-dealkylation sites (N-methyl/N-ethyl adjacent to an activating group) is 1. The van der Waals surface area contributed by atoms with Crippen molar-refractivity contribution in [2.75, 3.05) is 31.5 Å². The number of halogens is 1. The summed E-state index contributed by atoms with van der Waals surface area (Å²) in [5, 5.41) is 0.864. The predicted octanol–water partition coefficient (Wildman–Crippen LogP) is 0.462. The third-order valence-electron chi connectivity index (χ3n) is 2.30. The van der Waals surface area contributed by atoms with Crippen LogP contribution in [-0.4, -0.2) is 53.1 Å². The fraction of sp³-hybridized carbons (Fsp3) is 0.778. The third kappa shape index (κ3) is 2.70. The van der Waals surface area contributed by atoms with Crippen LogP contribution in [0.2, 0.25) is 0 Å². The van der Waals surface area contributed by atoms with Gasteiger partial charge in [-0.25, -0.2) is 0 Å². The van der Waals surface area contributed by atoms with Gasteiger partial charge < -0.3 is 9.80 Å². The van der Waals surface area contributed by atoms with Crippen molar-refractivity contribution in [2.45, 2.75) is 13.3 Å². The zero-order chi connectivity index (χ0) is 10.6. The summed E-state index contributed by atoms with van der Waals surface area (Å²) >= 11 is 3.30. The lowest BCUT2D eigenvalue weighted by molar-refractivity contribution is -0.149. The van der Waals surface area contributed by atoms with E-state index in [1.807, 2.05) is 6.92 Å². The first-order valence-electron chi connectivity index (χ1n) is 4.80. The number of carbonyl (C=O) groups excluding carboxylic acids is 2. The molecule has 0 radical (unpaired) electrons. The Labute approximate surface area is 92.4 Å². The number of hydrogen-bond donors (Lipinski definition) is 0. The van der Waals surface area contributed by atoms with Gasteiger partial charge in [0.2, 0.25) is 11.8 Å². The first-order valence-corrected chi connectivity index (χ1v) is 5.92. The average molecular weight is 263 g/mol. The van der Waals surface area contributed by atoms with Gasteiger partial charge in [0.25, 0.3) is 0 Å². The van der Waals surface area contributed by atoms with Crippen molar-refractivity contribution in [1.82, 2.24) is 9.80 Å². The molecule has 0 aliphatic carbocycles. The maximum absolute atomic E-state index is 11.5. The molecule has 0 aromatic heterocycles. The van der Waals surface area contributed by atoms with E-state index in [2.05, 4.69) is 15.9 Å². The van der Waals surface area contributed by atoms with Crippen LogP contribution in [0.1, 0.15) is 13.3 Å². The second-order valence-corrected chi connectivity index (χ2v) is 4.06. The van der Waals surface area contributed by atoms with Crippen molar-refractivity contribution in [2.24, 2.45) is 0 Å². The minimum Gasteiger partial charge on any atom is -0.332 e. The number of hydrogen-bond acceptors (Lipinski definition) is 2. The highest BCUT2D eigenvalue weighted by molar-refractivity contribution is 9.09. The summed E-state index contributed by atoms with van der Waals surface area (Å²) in [6.07, 6.45) is 0.894. The molecule has 1 heterocycles. The van der Waals surface area contributed by atoms with Crippen molar-refractivity contribution >= 4 is 27.7 Å². The average Bonchev–Trinajstić information content (AvgIpc) is 2.18. The van der Waals surface area contributed by atoms with Gasteiger partial charge in [0.05, 0.1) is 13.1 Å². The van der Waals surface area contributed by atoms with E-state index in [1.54, 1.807) is 9.80 Å². The number of amides is 2.